The average molecular weight is 449 g/mol. The highest BCUT2D eigenvalue weighted by molar-refractivity contribution is 5.85. The van der Waals surface area contributed by atoms with Crippen LogP contribution in [0.1, 0.15) is 30.7 Å². The molecule has 2 fully saturated rings. The second-order valence-electron chi connectivity index (χ2n) is 8.94. The summed E-state index contributed by atoms with van der Waals surface area (Å²) in [4.78, 5) is 31.4. The number of fused-ring (bicyclic) bond motifs is 1. The van der Waals surface area contributed by atoms with Crippen molar-refractivity contribution in [2.24, 2.45) is 0 Å². The number of likely N-dealkylation sites (tertiary alicyclic amines) is 1. The van der Waals surface area contributed by atoms with Crippen molar-refractivity contribution in [2.45, 2.75) is 25.2 Å². The number of piperazine rings is 1. The Labute approximate surface area is 194 Å². The highest BCUT2D eigenvalue weighted by Crippen LogP contribution is 2.34. The minimum absolute atomic E-state index is 0.259. The van der Waals surface area contributed by atoms with Gasteiger partial charge in [-0.1, -0.05) is 0 Å². The van der Waals surface area contributed by atoms with Gasteiger partial charge in [0.2, 0.25) is 11.9 Å². The van der Waals surface area contributed by atoms with E-state index >= 15 is 0 Å². The number of ether oxygens (including phenoxy) is 1. The number of H-pyrrole nitrogens is 1. The summed E-state index contributed by atoms with van der Waals surface area (Å²) in [6.07, 6.45) is 8.52. The van der Waals surface area contributed by atoms with Gasteiger partial charge in [0.25, 0.3) is 0 Å². The summed E-state index contributed by atoms with van der Waals surface area (Å²) in [6, 6.07) is 8.04. The van der Waals surface area contributed by atoms with Gasteiger partial charge in [-0.15, -0.1) is 0 Å². The van der Waals surface area contributed by atoms with E-state index in [1.165, 1.54) is 10.9 Å². The van der Waals surface area contributed by atoms with Gasteiger partial charge in [-0.05, 0) is 61.7 Å². The number of rotatable bonds is 6. The van der Waals surface area contributed by atoms with Gasteiger partial charge in [0.05, 0.1) is 7.11 Å². The Morgan fingerprint density at radius 2 is 1.85 bits per heavy atom. The van der Waals surface area contributed by atoms with Gasteiger partial charge in [-0.3, -0.25) is 4.79 Å². The van der Waals surface area contributed by atoms with Crippen LogP contribution in [0, 0.1) is 0 Å². The third-order valence-corrected chi connectivity index (χ3v) is 7.06. The standard InChI is InChI=1S/C25H32N6O2/c1-33-20-3-4-23-21(17-20)22(18-28-23)19-5-10-29(11-6-19)12-7-24(32)30-13-15-31(16-14-30)25-26-8-2-9-27-25/h2-4,8-9,17-19,28H,5-7,10-16H2,1H3. The molecule has 2 saturated heterocycles. The number of carbonyl (C=O) groups is 1. The second-order valence-corrected chi connectivity index (χ2v) is 8.94. The fraction of sp³-hybridized carbons (Fsp3) is 0.480. The molecule has 2 aliphatic heterocycles. The van der Waals surface area contributed by atoms with Crippen LogP contribution in [-0.2, 0) is 4.79 Å². The maximum atomic E-state index is 12.8. The first-order chi connectivity index (χ1) is 16.2. The Hall–Kier alpha value is -3.13. The van der Waals surface area contributed by atoms with E-state index in [2.05, 4.69) is 43.1 Å². The molecule has 4 heterocycles. The number of aromatic nitrogens is 3. The van der Waals surface area contributed by atoms with E-state index in [1.54, 1.807) is 19.5 Å². The molecular weight excluding hydrogens is 416 g/mol. The minimum atomic E-state index is 0.259. The Morgan fingerprint density at radius 3 is 2.58 bits per heavy atom. The molecule has 8 nitrogen and oxygen atoms in total. The number of hydrogen-bond acceptors (Lipinski definition) is 6. The van der Waals surface area contributed by atoms with Crippen molar-refractivity contribution < 1.29 is 9.53 Å². The highest BCUT2D eigenvalue weighted by Gasteiger charge is 2.25. The van der Waals surface area contributed by atoms with Gasteiger partial charge in [0.1, 0.15) is 5.75 Å². The molecule has 174 valence electrons. The molecule has 0 atom stereocenters. The van der Waals surface area contributed by atoms with Gasteiger partial charge in [-0.25, -0.2) is 9.97 Å². The molecule has 8 heteroatoms. The van der Waals surface area contributed by atoms with Crippen molar-refractivity contribution in [3.8, 4) is 5.75 Å². The van der Waals surface area contributed by atoms with Crippen LogP contribution in [0.4, 0.5) is 5.95 Å². The van der Waals surface area contributed by atoms with Gasteiger partial charge >= 0.3 is 0 Å². The van der Waals surface area contributed by atoms with Gasteiger partial charge in [0, 0.05) is 68.6 Å². The normalized spacial score (nSPS) is 18.1. The predicted octanol–water partition coefficient (Wildman–Crippen LogP) is 2.88. The number of hydrogen-bond donors (Lipinski definition) is 1. The fourth-order valence-corrected chi connectivity index (χ4v) is 5.08. The molecule has 0 radical (unpaired) electrons. The van der Waals surface area contributed by atoms with E-state index in [1.807, 2.05) is 17.0 Å². The number of nitrogens with zero attached hydrogens (tertiary/aromatic N) is 5. The van der Waals surface area contributed by atoms with Crippen molar-refractivity contribution >= 4 is 22.8 Å². The zero-order chi connectivity index (χ0) is 22.6. The highest BCUT2D eigenvalue weighted by atomic mass is 16.5. The number of methoxy groups -OCH3 is 1. The van der Waals surface area contributed by atoms with Crippen LogP contribution < -0.4 is 9.64 Å². The monoisotopic (exact) mass is 448 g/mol. The summed E-state index contributed by atoms with van der Waals surface area (Å²) in [5.74, 6) is 2.46. The Morgan fingerprint density at radius 1 is 1.09 bits per heavy atom. The van der Waals surface area contributed by atoms with Crippen LogP contribution in [0.3, 0.4) is 0 Å². The topological polar surface area (TPSA) is 77.6 Å². The molecular formula is C25H32N6O2. The average Bonchev–Trinajstić information content (AvgIpc) is 3.31. The molecule has 1 aromatic carbocycles. The molecule has 2 aliphatic rings. The summed E-state index contributed by atoms with van der Waals surface area (Å²) in [5.41, 5.74) is 2.55. The number of nitrogens with one attached hydrogen (secondary N) is 1. The molecule has 1 amide bonds. The number of piperidine rings is 1. The van der Waals surface area contributed by atoms with E-state index < -0.39 is 0 Å². The number of aromatic amines is 1. The van der Waals surface area contributed by atoms with E-state index in [-0.39, 0.29) is 5.91 Å². The van der Waals surface area contributed by atoms with Gasteiger partial charge in [-0.2, -0.15) is 0 Å². The van der Waals surface area contributed by atoms with Crippen molar-refractivity contribution in [2.75, 3.05) is 57.8 Å². The van der Waals surface area contributed by atoms with Crippen LogP contribution in [0.25, 0.3) is 10.9 Å². The van der Waals surface area contributed by atoms with Crippen molar-refractivity contribution in [1.82, 2.24) is 24.8 Å². The lowest BCUT2D eigenvalue weighted by Gasteiger charge is -2.36. The van der Waals surface area contributed by atoms with Crippen molar-refractivity contribution in [1.29, 1.82) is 0 Å². The molecule has 2 aromatic heterocycles. The number of anilines is 1. The molecule has 3 aromatic rings. The maximum absolute atomic E-state index is 12.8. The number of benzene rings is 1. The van der Waals surface area contributed by atoms with Gasteiger partial charge in [0.15, 0.2) is 0 Å². The molecule has 5 rings (SSSR count). The van der Waals surface area contributed by atoms with Crippen LogP contribution in [0.2, 0.25) is 0 Å². The molecule has 0 aliphatic carbocycles. The van der Waals surface area contributed by atoms with Crippen molar-refractivity contribution in [3.05, 3.63) is 48.4 Å². The first-order valence-electron chi connectivity index (χ1n) is 11.9. The number of amides is 1. The first kappa shape index (κ1) is 21.7. The van der Waals surface area contributed by atoms with Crippen LogP contribution in [0.5, 0.6) is 5.75 Å². The quantitative estimate of drug-likeness (QED) is 0.625. The van der Waals surface area contributed by atoms with E-state index in [0.717, 1.165) is 75.9 Å². The molecule has 0 saturated carbocycles. The van der Waals surface area contributed by atoms with Crippen LogP contribution in [-0.4, -0.2) is 83.6 Å². The summed E-state index contributed by atoms with van der Waals surface area (Å²) in [5, 5.41) is 1.27. The molecule has 0 bridgehead atoms. The molecule has 1 N–H and O–H groups in total. The fourth-order valence-electron chi connectivity index (χ4n) is 5.08. The smallest absolute Gasteiger partial charge is 0.225 e. The first-order valence-corrected chi connectivity index (χ1v) is 11.9. The maximum Gasteiger partial charge on any atom is 0.225 e. The molecule has 0 spiro atoms. The lowest BCUT2D eigenvalue weighted by atomic mass is 9.89. The molecule has 33 heavy (non-hydrogen) atoms. The van der Waals surface area contributed by atoms with Crippen LogP contribution >= 0.6 is 0 Å². The zero-order valence-corrected chi connectivity index (χ0v) is 19.2. The summed E-state index contributed by atoms with van der Waals surface area (Å²) < 4.78 is 5.42. The Kier molecular flexibility index (Phi) is 6.44. The van der Waals surface area contributed by atoms with E-state index in [9.17, 15) is 4.79 Å². The number of carbonyl (C=O) groups excluding carboxylic acids is 1. The minimum Gasteiger partial charge on any atom is -0.497 e. The summed E-state index contributed by atoms with van der Waals surface area (Å²) >= 11 is 0. The Bertz CT molecular complexity index is 1070. The lowest BCUT2D eigenvalue weighted by Crippen LogP contribution is -2.49. The SMILES string of the molecule is COc1ccc2[nH]cc(C3CCN(CCC(=O)N4CCN(c5ncccn5)CC4)CC3)c2c1. The second kappa shape index (κ2) is 9.79. The zero-order valence-electron chi connectivity index (χ0n) is 19.2. The largest absolute Gasteiger partial charge is 0.497 e. The van der Waals surface area contributed by atoms with E-state index in [0.29, 0.717) is 12.3 Å². The van der Waals surface area contributed by atoms with Crippen molar-refractivity contribution in [3.63, 3.8) is 0 Å². The Balaban J connectivity index is 1.08. The lowest BCUT2D eigenvalue weighted by molar-refractivity contribution is -0.131. The summed E-state index contributed by atoms with van der Waals surface area (Å²) in [6.45, 7) is 5.97. The van der Waals surface area contributed by atoms with Crippen LogP contribution in [0.15, 0.2) is 42.9 Å². The third kappa shape index (κ3) is 4.80. The third-order valence-electron chi connectivity index (χ3n) is 7.06. The van der Waals surface area contributed by atoms with E-state index in [4.69, 9.17) is 4.74 Å². The summed E-state index contributed by atoms with van der Waals surface area (Å²) in [7, 11) is 1.71. The molecule has 0 unspecified atom stereocenters. The predicted molar refractivity (Wildman–Crippen MR) is 129 cm³/mol. The van der Waals surface area contributed by atoms with Gasteiger partial charge < -0.3 is 24.4 Å².